The average molecular weight is 423 g/mol. The molecule has 3 aromatic rings. The van der Waals surface area contributed by atoms with Crippen LogP contribution in [0.3, 0.4) is 0 Å². The molecule has 0 saturated heterocycles. The Morgan fingerprint density at radius 2 is 1.82 bits per heavy atom. The standard InChI is InChI=1S/C17H17N3O6S2/c1-25-12-5-8-14-15(9-12)20(17(19-14)27(2)22)28(23,24)13-6-3-11(4-7-13)26-10-16(18)21/h3-9H,10H2,1-2H3,(H2,18,21). The number of fused-ring (bicyclic) bond motifs is 1. The average Bonchev–Trinajstić information content (AvgIpc) is 3.06. The van der Waals surface area contributed by atoms with Crippen LogP contribution in [0.4, 0.5) is 0 Å². The van der Waals surface area contributed by atoms with E-state index in [2.05, 4.69) is 4.98 Å². The molecule has 1 aromatic heterocycles. The number of primary amides is 1. The van der Waals surface area contributed by atoms with E-state index < -0.39 is 26.7 Å². The SMILES string of the molecule is COc1ccc2nc(S(C)=O)n(S(=O)(=O)c3ccc(OCC(N)=O)cc3)c2c1. The zero-order valence-corrected chi connectivity index (χ0v) is 16.6. The molecule has 0 spiro atoms. The Morgan fingerprint density at radius 3 is 2.39 bits per heavy atom. The third kappa shape index (κ3) is 3.71. The number of nitrogens with zero attached hydrogens (tertiary/aromatic N) is 2. The van der Waals surface area contributed by atoms with Gasteiger partial charge in [0, 0.05) is 12.3 Å². The number of benzene rings is 2. The minimum Gasteiger partial charge on any atom is -0.497 e. The Bertz CT molecular complexity index is 1170. The van der Waals surface area contributed by atoms with Gasteiger partial charge in [-0.1, -0.05) is 0 Å². The van der Waals surface area contributed by atoms with E-state index in [4.69, 9.17) is 15.2 Å². The van der Waals surface area contributed by atoms with Gasteiger partial charge in [-0.15, -0.1) is 0 Å². The molecule has 0 aliphatic rings. The molecule has 148 valence electrons. The normalized spacial score (nSPS) is 12.6. The van der Waals surface area contributed by atoms with E-state index in [-0.39, 0.29) is 27.9 Å². The highest BCUT2D eigenvalue weighted by Gasteiger charge is 2.26. The molecule has 0 fully saturated rings. The summed E-state index contributed by atoms with van der Waals surface area (Å²) in [5, 5.41) is -0.0997. The highest BCUT2D eigenvalue weighted by molar-refractivity contribution is 7.91. The van der Waals surface area contributed by atoms with E-state index in [0.717, 1.165) is 3.97 Å². The molecule has 0 aliphatic carbocycles. The molecule has 1 heterocycles. The van der Waals surface area contributed by atoms with Gasteiger partial charge in [-0.25, -0.2) is 17.4 Å². The van der Waals surface area contributed by atoms with Gasteiger partial charge < -0.3 is 15.2 Å². The monoisotopic (exact) mass is 423 g/mol. The minimum atomic E-state index is -4.11. The van der Waals surface area contributed by atoms with Gasteiger partial charge in [-0.2, -0.15) is 0 Å². The second-order valence-corrected chi connectivity index (χ2v) is 8.76. The van der Waals surface area contributed by atoms with Crippen molar-refractivity contribution < 1.29 is 26.9 Å². The van der Waals surface area contributed by atoms with Gasteiger partial charge in [-0.05, 0) is 36.4 Å². The molecule has 1 amide bonds. The van der Waals surface area contributed by atoms with Crippen LogP contribution in [0, 0.1) is 0 Å². The smallest absolute Gasteiger partial charge is 0.270 e. The fourth-order valence-electron chi connectivity index (χ4n) is 2.52. The largest absolute Gasteiger partial charge is 0.497 e. The van der Waals surface area contributed by atoms with Crippen molar-refractivity contribution in [1.82, 2.24) is 8.96 Å². The summed E-state index contributed by atoms with van der Waals surface area (Å²) in [6.07, 6.45) is 1.35. The first-order valence-corrected chi connectivity index (χ1v) is 10.9. The predicted molar refractivity (Wildman–Crippen MR) is 102 cm³/mol. The topological polar surface area (TPSA) is 131 Å². The molecule has 3 rings (SSSR count). The zero-order chi connectivity index (χ0) is 20.5. The summed E-state index contributed by atoms with van der Waals surface area (Å²) in [5.74, 6) is 0.0762. The summed E-state index contributed by atoms with van der Waals surface area (Å²) in [5.41, 5.74) is 5.64. The Balaban J connectivity index is 2.12. The molecule has 0 radical (unpaired) electrons. The quantitative estimate of drug-likeness (QED) is 0.597. The number of rotatable bonds is 7. The number of carbonyl (C=O) groups excluding carboxylic acids is 1. The molecule has 1 atom stereocenters. The fraction of sp³-hybridized carbons (Fsp3) is 0.176. The van der Waals surface area contributed by atoms with E-state index >= 15 is 0 Å². The molecular formula is C17H17N3O6S2. The molecule has 0 aliphatic heterocycles. The Kier molecular flexibility index (Phi) is 5.38. The van der Waals surface area contributed by atoms with E-state index in [0.29, 0.717) is 11.3 Å². The lowest BCUT2D eigenvalue weighted by Gasteiger charge is -2.11. The van der Waals surface area contributed by atoms with Gasteiger partial charge in [0.05, 0.1) is 33.8 Å². The number of ether oxygens (including phenoxy) is 2. The maximum absolute atomic E-state index is 13.2. The van der Waals surface area contributed by atoms with Crippen LogP contribution in [0.15, 0.2) is 52.5 Å². The Morgan fingerprint density at radius 1 is 1.18 bits per heavy atom. The van der Waals surface area contributed by atoms with Crippen molar-refractivity contribution >= 4 is 37.8 Å². The highest BCUT2D eigenvalue weighted by Crippen LogP contribution is 2.28. The molecule has 11 heteroatoms. The van der Waals surface area contributed by atoms with Crippen LogP contribution in [-0.2, 0) is 25.6 Å². The van der Waals surface area contributed by atoms with Gasteiger partial charge in [-0.3, -0.25) is 9.00 Å². The lowest BCUT2D eigenvalue weighted by Crippen LogP contribution is -2.20. The van der Waals surface area contributed by atoms with E-state index in [1.54, 1.807) is 12.1 Å². The number of aromatic nitrogens is 2. The molecule has 28 heavy (non-hydrogen) atoms. The van der Waals surface area contributed by atoms with E-state index in [9.17, 15) is 17.4 Å². The first-order valence-electron chi connectivity index (χ1n) is 7.90. The van der Waals surface area contributed by atoms with Gasteiger partial charge in [0.2, 0.25) is 5.16 Å². The van der Waals surface area contributed by atoms with Crippen LogP contribution in [0.25, 0.3) is 11.0 Å². The molecule has 1 unspecified atom stereocenters. The summed E-state index contributed by atoms with van der Waals surface area (Å²) in [4.78, 5) is 14.9. The van der Waals surface area contributed by atoms with Gasteiger partial charge in [0.25, 0.3) is 15.9 Å². The second kappa shape index (κ2) is 7.60. The van der Waals surface area contributed by atoms with Crippen LogP contribution < -0.4 is 15.2 Å². The first-order chi connectivity index (χ1) is 13.2. The molecule has 0 bridgehead atoms. The number of carbonyl (C=O) groups is 1. The van der Waals surface area contributed by atoms with Crippen molar-refractivity contribution in [3.05, 3.63) is 42.5 Å². The number of methoxy groups -OCH3 is 1. The van der Waals surface area contributed by atoms with Crippen molar-refractivity contribution in [2.75, 3.05) is 20.0 Å². The third-order valence-corrected chi connectivity index (χ3v) is 6.41. The maximum atomic E-state index is 13.2. The second-order valence-electron chi connectivity index (χ2n) is 5.70. The maximum Gasteiger partial charge on any atom is 0.270 e. The number of hydrogen-bond donors (Lipinski definition) is 1. The molecule has 9 nitrogen and oxygen atoms in total. The lowest BCUT2D eigenvalue weighted by atomic mass is 10.3. The van der Waals surface area contributed by atoms with Crippen LogP contribution in [0.2, 0.25) is 0 Å². The van der Waals surface area contributed by atoms with Crippen LogP contribution in [0.1, 0.15) is 0 Å². The highest BCUT2D eigenvalue weighted by atomic mass is 32.2. The van der Waals surface area contributed by atoms with Crippen molar-refractivity contribution in [1.29, 1.82) is 0 Å². The number of hydrogen-bond acceptors (Lipinski definition) is 7. The van der Waals surface area contributed by atoms with Crippen molar-refractivity contribution in [2.24, 2.45) is 5.73 Å². The number of nitrogens with two attached hydrogens (primary N) is 1. The van der Waals surface area contributed by atoms with E-state index in [1.807, 2.05) is 0 Å². The summed E-state index contributed by atoms with van der Waals surface area (Å²) < 4.78 is 49.9. The zero-order valence-electron chi connectivity index (χ0n) is 15.0. The lowest BCUT2D eigenvalue weighted by molar-refractivity contribution is -0.119. The summed E-state index contributed by atoms with van der Waals surface area (Å²) in [6.45, 7) is -0.322. The van der Waals surface area contributed by atoms with Crippen molar-refractivity contribution in [3.63, 3.8) is 0 Å². The predicted octanol–water partition coefficient (Wildman–Crippen LogP) is 0.883. The molecule has 2 N–H and O–H groups in total. The number of amides is 1. The fourth-order valence-corrected chi connectivity index (χ4v) is 5.03. The Labute approximate surface area is 163 Å². The Hall–Kier alpha value is -2.92. The van der Waals surface area contributed by atoms with Gasteiger partial charge in [0.15, 0.2) is 6.61 Å². The third-order valence-electron chi connectivity index (χ3n) is 3.79. The van der Waals surface area contributed by atoms with Crippen LogP contribution >= 0.6 is 0 Å². The van der Waals surface area contributed by atoms with E-state index in [1.165, 1.54) is 43.7 Å². The van der Waals surface area contributed by atoms with Crippen LogP contribution in [-0.4, -0.2) is 47.5 Å². The van der Waals surface area contributed by atoms with Gasteiger partial charge >= 0.3 is 0 Å². The summed E-state index contributed by atoms with van der Waals surface area (Å²) in [6, 6.07) is 10.2. The molecule has 0 saturated carbocycles. The number of imidazole rings is 1. The molecular weight excluding hydrogens is 406 g/mol. The minimum absolute atomic E-state index is 0.0623. The molecule has 2 aromatic carbocycles. The van der Waals surface area contributed by atoms with Crippen LogP contribution in [0.5, 0.6) is 11.5 Å². The van der Waals surface area contributed by atoms with Crippen molar-refractivity contribution in [3.8, 4) is 11.5 Å². The van der Waals surface area contributed by atoms with Crippen molar-refractivity contribution in [2.45, 2.75) is 10.1 Å². The summed E-state index contributed by atoms with van der Waals surface area (Å²) >= 11 is 0. The first kappa shape index (κ1) is 19.8. The summed E-state index contributed by atoms with van der Waals surface area (Å²) in [7, 11) is -4.31. The van der Waals surface area contributed by atoms with Gasteiger partial charge in [0.1, 0.15) is 11.5 Å².